The van der Waals surface area contributed by atoms with Crippen molar-refractivity contribution >= 4 is 11.6 Å². The lowest BCUT2D eigenvalue weighted by atomic mass is 9.73. The zero-order valence-electron chi connectivity index (χ0n) is 11.6. The maximum Gasteiger partial charge on any atom is 0.139 e. The van der Waals surface area contributed by atoms with Crippen LogP contribution in [0.3, 0.4) is 0 Å². The fraction of sp³-hybridized carbons (Fsp3) is 0.867. The highest BCUT2D eigenvalue weighted by molar-refractivity contribution is 5.89. The summed E-state index contributed by atoms with van der Waals surface area (Å²) in [6, 6.07) is 0. The summed E-state index contributed by atoms with van der Waals surface area (Å²) in [5, 5.41) is 0. The van der Waals surface area contributed by atoms with Gasteiger partial charge < -0.3 is 0 Å². The molecule has 0 heterocycles. The van der Waals surface area contributed by atoms with Gasteiger partial charge in [0.2, 0.25) is 0 Å². The van der Waals surface area contributed by atoms with Crippen LogP contribution in [0.5, 0.6) is 0 Å². The van der Waals surface area contributed by atoms with Gasteiger partial charge in [-0.1, -0.05) is 27.7 Å². The molecule has 2 saturated carbocycles. The van der Waals surface area contributed by atoms with Gasteiger partial charge in [-0.15, -0.1) is 0 Å². The van der Waals surface area contributed by atoms with Gasteiger partial charge in [0.1, 0.15) is 11.6 Å². The normalized spacial score (nSPS) is 34.3. The second-order valence-electron chi connectivity index (χ2n) is 7.09. The summed E-state index contributed by atoms with van der Waals surface area (Å²) in [4.78, 5) is 24.0. The summed E-state index contributed by atoms with van der Waals surface area (Å²) in [5.74, 6) is 1.93. The minimum atomic E-state index is -0.0111. The van der Waals surface area contributed by atoms with E-state index in [-0.39, 0.29) is 23.0 Å². The largest absolute Gasteiger partial charge is 0.300 e. The highest BCUT2D eigenvalue weighted by Gasteiger charge is 2.59. The molecular formula is C15H24O2. The molecule has 2 heteroatoms. The summed E-state index contributed by atoms with van der Waals surface area (Å²) < 4.78 is 0. The Bertz CT molecular complexity index is 346. The van der Waals surface area contributed by atoms with Gasteiger partial charge >= 0.3 is 0 Å². The van der Waals surface area contributed by atoms with Crippen LogP contribution in [0.4, 0.5) is 0 Å². The van der Waals surface area contributed by atoms with Gasteiger partial charge in [-0.3, -0.25) is 9.59 Å². The first-order valence-corrected chi connectivity index (χ1v) is 6.79. The minimum Gasteiger partial charge on any atom is -0.300 e. The van der Waals surface area contributed by atoms with E-state index in [4.69, 9.17) is 0 Å². The second-order valence-corrected chi connectivity index (χ2v) is 7.09. The third-order valence-electron chi connectivity index (χ3n) is 4.52. The molecular weight excluding hydrogens is 212 g/mol. The van der Waals surface area contributed by atoms with Crippen molar-refractivity contribution in [2.45, 2.75) is 47.5 Å². The number of hydrogen-bond donors (Lipinski definition) is 0. The minimum absolute atomic E-state index is 0.0111. The Morgan fingerprint density at radius 3 is 2.00 bits per heavy atom. The van der Waals surface area contributed by atoms with Gasteiger partial charge in [0, 0.05) is 17.8 Å². The van der Waals surface area contributed by atoms with Crippen LogP contribution in [-0.2, 0) is 9.59 Å². The molecule has 0 aromatic rings. The zero-order chi connectivity index (χ0) is 13.0. The molecule has 4 unspecified atom stereocenters. The molecule has 0 spiro atoms. The molecule has 0 bridgehead atoms. The third-order valence-corrected chi connectivity index (χ3v) is 4.52. The van der Waals surface area contributed by atoms with Crippen LogP contribution < -0.4 is 0 Å². The van der Waals surface area contributed by atoms with E-state index in [1.54, 1.807) is 6.92 Å². The van der Waals surface area contributed by atoms with Crippen LogP contribution in [0, 0.1) is 35.0 Å². The summed E-state index contributed by atoms with van der Waals surface area (Å²) in [7, 11) is 0. The molecule has 0 radical (unpaired) electrons. The van der Waals surface area contributed by atoms with Gasteiger partial charge in [-0.05, 0) is 37.0 Å². The predicted molar refractivity (Wildman–Crippen MR) is 67.5 cm³/mol. The van der Waals surface area contributed by atoms with Crippen molar-refractivity contribution in [2.24, 2.45) is 35.0 Å². The van der Waals surface area contributed by atoms with Crippen molar-refractivity contribution < 1.29 is 9.59 Å². The van der Waals surface area contributed by atoms with Gasteiger partial charge in [0.15, 0.2) is 0 Å². The predicted octanol–water partition coefficient (Wildman–Crippen LogP) is 3.10. The lowest BCUT2D eigenvalue weighted by molar-refractivity contribution is -0.128. The van der Waals surface area contributed by atoms with Gasteiger partial charge in [-0.2, -0.15) is 0 Å². The van der Waals surface area contributed by atoms with E-state index in [0.717, 1.165) is 12.8 Å². The third kappa shape index (κ3) is 2.31. The highest BCUT2D eigenvalue weighted by Crippen LogP contribution is 2.57. The SMILES string of the molecule is CC(=O)C1C(C)C1C(C(=O)C1CC1)C(C)(C)C. The maximum absolute atomic E-state index is 12.4. The number of carbonyl (C=O) groups excluding carboxylic acids is 2. The van der Waals surface area contributed by atoms with Crippen LogP contribution >= 0.6 is 0 Å². The molecule has 2 aliphatic rings. The number of carbonyl (C=O) groups is 2. The first-order valence-electron chi connectivity index (χ1n) is 6.79. The fourth-order valence-corrected chi connectivity index (χ4v) is 3.46. The Morgan fingerprint density at radius 2 is 1.71 bits per heavy atom. The lowest BCUT2D eigenvalue weighted by Gasteiger charge is -2.30. The molecule has 0 saturated heterocycles. The van der Waals surface area contributed by atoms with E-state index in [1.807, 2.05) is 0 Å². The molecule has 2 nitrogen and oxygen atoms in total. The number of rotatable bonds is 4. The van der Waals surface area contributed by atoms with Crippen molar-refractivity contribution in [3.63, 3.8) is 0 Å². The van der Waals surface area contributed by atoms with Gasteiger partial charge in [0.25, 0.3) is 0 Å². The molecule has 0 amide bonds. The Hall–Kier alpha value is -0.660. The van der Waals surface area contributed by atoms with Crippen molar-refractivity contribution in [1.82, 2.24) is 0 Å². The Labute approximate surface area is 104 Å². The lowest BCUT2D eigenvalue weighted by Crippen LogP contribution is -2.33. The Kier molecular flexibility index (Phi) is 2.95. The number of Topliss-reactive ketones (excluding diaryl/α,β-unsaturated/α-hetero) is 2. The van der Waals surface area contributed by atoms with Crippen molar-refractivity contribution in [2.75, 3.05) is 0 Å². The molecule has 4 atom stereocenters. The maximum atomic E-state index is 12.4. The highest BCUT2D eigenvalue weighted by atomic mass is 16.1. The second kappa shape index (κ2) is 3.93. The van der Waals surface area contributed by atoms with E-state index in [0.29, 0.717) is 23.5 Å². The van der Waals surface area contributed by atoms with Crippen molar-refractivity contribution in [1.29, 1.82) is 0 Å². The molecule has 17 heavy (non-hydrogen) atoms. The van der Waals surface area contributed by atoms with Crippen LogP contribution in [0.1, 0.15) is 47.5 Å². The standard InChI is InChI=1S/C15H24O2/c1-8-11(9(2)16)12(8)13(15(3,4)5)14(17)10-6-7-10/h8,10-13H,6-7H2,1-5H3. The van der Waals surface area contributed by atoms with Crippen molar-refractivity contribution in [3.05, 3.63) is 0 Å². The fourth-order valence-electron chi connectivity index (χ4n) is 3.46. The quantitative estimate of drug-likeness (QED) is 0.751. The summed E-state index contributed by atoms with van der Waals surface area (Å²) in [5.41, 5.74) is -0.0111. The van der Waals surface area contributed by atoms with Gasteiger partial charge in [-0.25, -0.2) is 0 Å². The van der Waals surface area contributed by atoms with E-state index in [9.17, 15) is 9.59 Å². The Balaban J connectivity index is 2.17. The van der Waals surface area contributed by atoms with Crippen LogP contribution in [0.25, 0.3) is 0 Å². The first kappa shape index (κ1) is 12.8. The topological polar surface area (TPSA) is 34.1 Å². The first-order chi connectivity index (χ1) is 7.75. The molecule has 0 aliphatic heterocycles. The van der Waals surface area contributed by atoms with Crippen molar-refractivity contribution in [3.8, 4) is 0 Å². The van der Waals surface area contributed by atoms with Crippen LogP contribution in [0.2, 0.25) is 0 Å². The summed E-state index contributed by atoms with van der Waals surface area (Å²) in [6.07, 6.45) is 2.13. The van der Waals surface area contributed by atoms with E-state index in [1.165, 1.54) is 0 Å². The van der Waals surface area contributed by atoms with E-state index >= 15 is 0 Å². The molecule has 96 valence electrons. The average Bonchev–Trinajstić information content (AvgIpc) is 2.99. The molecule has 2 fully saturated rings. The number of hydrogen-bond acceptors (Lipinski definition) is 2. The zero-order valence-corrected chi connectivity index (χ0v) is 11.6. The molecule has 2 aliphatic carbocycles. The summed E-state index contributed by atoms with van der Waals surface area (Å²) in [6.45, 7) is 10.2. The molecule has 0 aromatic heterocycles. The van der Waals surface area contributed by atoms with Gasteiger partial charge in [0.05, 0.1) is 0 Å². The molecule has 2 rings (SSSR count). The van der Waals surface area contributed by atoms with E-state index < -0.39 is 0 Å². The average molecular weight is 236 g/mol. The monoisotopic (exact) mass is 236 g/mol. The number of ketones is 2. The van der Waals surface area contributed by atoms with Crippen LogP contribution in [-0.4, -0.2) is 11.6 Å². The Morgan fingerprint density at radius 1 is 1.18 bits per heavy atom. The summed E-state index contributed by atoms with van der Waals surface area (Å²) >= 11 is 0. The molecule has 0 N–H and O–H groups in total. The van der Waals surface area contributed by atoms with Crippen LogP contribution in [0.15, 0.2) is 0 Å². The molecule has 0 aromatic carbocycles. The van der Waals surface area contributed by atoms with E-state index in [2.05, 4.69) is 27.7 Å². The smallest absolute Gasteiger partial charge is 0.139 e.